The summed E-state index contributed by atoms with van der Waals surface area (Å²) >= 11 is 0. The zero-order chi connectivity index (χ0) is 21.2. The topological polar surface area (TPSA) is 71.0 Å². The van der Waals surface area contributed by atoms with Crippen molar-refractivity contribution < 1.29 is 19.7 Å². The normalized spacial score (nSPS) is 23.7. The average molecular weight is 400 g/mol. The maximum absolute atomic E-state index is 10.9. The number of hydrogen-bond donors (Lipinski definition) is 3. The molecule has 3 rings (SSSR count). The van der Waals surface area contributed by atoms with Crippen molar-refractivity contribution in [1.82, 2.24) is 0 Å². The molecule has 1 aromatic carbocycles. The van der Waals surface area contributed by atoms with Crippen molar-refractivity contribution >= 4 is 16.8 Å². The Hall–Kier alpha value is -2.08. The maximum atomic E-state index is 10.9. The number of benzene rings is 1. The molecule has 5 nitrogen and oxygen atoms in total. The zero-order valence-electron chi connectivity index (χ0n) is 18.1. The first-order valence-corrected chi connectivity index (χ1v) is 10.2. The van der Waals surface area contributed by atoms with Gasteiger partial charge in [-0.2, -0.15) is 0 Å². The van der Waals surface area contributed by atoms with Gasteiger partial charge in [0.2, 0.25) is 0 Å². The second kappa shape index (κ2) is 8.74. The predicted octanol–water partition coefficient (Wildman–Crippen LogP) is 5.03. The summed E-state index contributed by atoms with van der Waals surface area (Å²) < 4.78 is 10.7. The van der Waals surface area contributed by atoms with Gasteiger partial charge in [-0.15, -0.1) is 0 Å². The Morgan fingerprint density at radius 2 is 2.07 bits per heavy atom. The number of hydrogen-bond acceptors (Lipinski definition) is 5. The standard InChI is InChI=1S/C24H33NO4/c1-6-17(21(27)11-16-7-10-22(16)29-14-28-5)18-8-9-20-23(19(18)13-26)15(2)12-24(3,4)25-20/h6,8-9,11-12,16,22,25-27H,7,10,13-14H2,1-5H3/b17-6-,21-11+/t16-,22?/m1/s1. The zero-order valence-corrected chi connectivity index (χ0v) is 18.1. The van der Waals surface area contributed by atoms with Gasteiger partial charge in [0.1, 0.15) is 12.6 Å². The van der Waals surface area contributed by atoms with E-state index in [9.17, 15) is 10.2 Å². The van der Waals surface area contributed by atoms with Gasteiger partial charge in [0.15, 0.2) is 0 Å². The van der Waals surface area contributed by atoms with Crippen LogP contribution in [0.5, 0.6) is 0 Å². The van der Waals surface area contributed by atoms with E-state index in [2.05, 4.69) is 32.2 Å². The number of fused-ring (bicyclic) bond motifs is 1. The second-order valence-electron chi connectivity index (χ2n) is 8.45. The van der Waals surface area contributed by atoms with Crippen molar-refractivity contribution in [3.8, 4) is 0 Å². The fourth-order valence-corrected chi connectivity index (χ4v) is 4.40. The molecule has 0 spiro atoms. The van der Waals surface area contributed by atoms with Crippen LogP contribution in [0.2, 0.25) is 0 Å². The molecule has 1 heterocycles. The molecule has 1 saturated carbocycles. The molecule has 1 aliphatic heterocycles. The smallest absolute Gasteiger partial charge is 0.146 e. The van der Waals surface area contributed by atoms with Crippen LogP contribution in [0.4, 0.5) is 5.69 Å². The summed E-state index contributed by atoms with van der Waals surface area (Å²) in [6, 6.07) is 4.01. The Morgan fingerprint density at radius 1 is 1.31 bits per heavy atom. The van der Waals surface area contributed by atoms with Gasteiger partial charge in [-0.3, -0.25) is 0 Å². The van der Waals surface area contributed by atoms with E-state index in [1.807, 2.05) is 31.2 Å². The number of rotatable bonds is 7. The van der Waals surface area contributed by atoms with Crippen LogP contribution < -0.4 is 5.32 Å². The Bertz CT molecular complexity index is 851. The van der Waals surface area contributed by atoms with Crippen LogP contribution in [0.15, 0.2) is 36.1 Å². The summed E-state index contributed by atoms with van der Waals surface area (Å²) in [5.41, 5.74) is 5.42. The highest BCUT2D eigenvalue weighted by molar-refractivity contribution is 5.88. The molecular formula is C24H33NO4. The van der Waals surface area contributed by atoms with Crippen molar-refractivity contribution in [2.75, 3.05) is 19.2 Å². The van der Waals surface area contributed by atoms with Crippen LogP contribution in [-0.2, 0) is 16.1 Å². The lowest BCUT2D eigenvalue weighted by Gasteiger charge is -2.34. The second-order valence-corrected chi connectivity index (χ2v) is 8.45. The first-order valence-electron chi connectivity index (χ1n) is 10.2. The molecule has 1 aliphatic carbocycles. The Kier molecular flexibility index (Phi) is 6.52. The minimum absolute atomic E-state index is 0.0765. The maximum Gasteiger partial charge on any atom is 0.146 e. The van der Waals surface area contributed by atoms with E-state index in [4.69, 9.17) is 9.47 Å². The molecule has 2 aliphatic rings. The van der Waals surface area contributed by atoms with Gasteiger partial charge in [-0.05, 0) is 69.4 Å². The molecule has 0 radical (unpaired) electrons. The van der Waals surface area contributed by atoms with Crippen LogP contribution in [-0.4, -0.2) is 35.8 Å². The summed E-state index contributed by atoms with van der Waals surface area (Å²) in [5.74, 6) is 0.392. The van der Waals surface area contributed by atoms with Crippen LogP contribution in [0.1, 0.15) is 57.2 Å². The van der Waals surface area contributed by atoms with Crippen molar-refractivity contribution in [1.29, 1.82) is 0 Å². The number of nitrogens with one attached hydrogen (secondary N) is 1. The van der Waals surface area contributed by atoms with Gasteiger partial charge in [0.05, 0.1) is 18.2 Å². The van der Waals surface area contributed by atoms with Gasteiger partial charge >= 0.3 is 0 Å². The highest BCUT2D eigenvalue weighted by Crippen LogP contribution is 2.41. The predicted molar refractivity (Wildman–Crippen MR) is 118 cm³/mol. The summed E-state index contributed by atoms with van der Waals surface area (Å²) in [6.45, 7) is 8.39. The third-order valence-electron chi connectivity index (χ3n) is 5.79. The molecular weight excluding hydrogens is 366 g/mol. The third-order valence-corrected chi connectivity index (χ3v) is 5.79. The first kappa shape index (κ1) is 21.6. The monoisotopic (exact) mass is 399 g/mol. The fraction of sp³-hybridized carbons (Fsp3) is 0.500. The Labute approximate surface area is 173 Å². The summed E-state index contributed by atoms with van der Waals surface area (Å²) in [4.78, 5) is 0. The quantitative estimate of drug-likeness (QED) is 0.341. The summed E-state index contributed by atoms with van der Waals surface area (Å²) in [7, 11) is 1.61. The minimum atomic E-state index is -0.141. The van der Waals surface area contributed by atoms with Crippen LogP contribution in [0.25, 0.3) is 11.1 Å². The van der Waals surface area contributed by atoms with Crippen molar-refractivity contribution in [3.63, 3.8) is 0 Å². The van der Waals surface area contributed by atoms with E-state index in [0.29, 0.717) is 0 Å². The number of anilines is 1. The van der Waals surface area contributed by atoms with Gasteiger partial charge in [-0.25, -0.2) is 0 Å². The molecule has 1 aromatic rings. The molecule has 0 saturated heterocycles. The lowest BCUT2D eigenvalue weighted by molar-refractivity contribution is -0.114. The summed E-state index contributed by atoms with van der Waals surface area (Å²) in [5, 5.41) is 24.6. The molecule has 5 heteroatoms. The molecule has 2 atom stereocenters. The van der Waals surface area contributed by atoms with E-state index < -0.39 is 0 Å². The first-order chi connectivity index (χ1) is 13.8. The largest absolute Gasteiger partial charge is 0.508 e. The molecule has 1 fully saturated rings. The molecule has 0 bridgehead atoms. The third kappa shape index (κ3) is 4.42. The van der Waals surface area contributed by atoms with Crippen molar-refractivity contribution in [2.45, 2.75) is 58.8 Å². The highest BCUT2D eigenvalue weighted by Gasteiger charge is 2.31. The minimum Gasteiger partial charge on any atom is -0.508 e. The summed E-state index contributed by atoms with van der Waals surface area (Å²) in [6.07, 6.45) is 7.98. The van der Waals surface area contributed by atoms with Gasteiger partial charge in [-0.1, -0.05) is 18.2 Å². The number of aliphatic hydroxyl groups is 2. The molecule has 0 amide bonds. The molecule has 3 N–H and O–H groups in total. The van der Waals surface area contributed by atoms with E-state index in [1.54, 1.807) is 7.11 Å². The lowest BCUT2D eigenvalue weighted by Crippen LogP contribution is -2.33. The van der Waals surface area contributed by atoms with Gasteiger partial charge < -0.3 is 25.0 Å². The molecule has 0 aromatic heterocycles. The number of methoxy groups -OCH3 is 1. The average Bonchev–Trinajstić information content (AvgIpc) is 2.65. The van der Waals surface area contributed by atoms with Gasteiger partial charge in [0, 0.05) is 29.9 Å². The SMILES string of the molecule is C/C=C(\C(O)=C/[C@H]1CCC1OCOC)c1ccc2c(c1CO)C(C)=CC(C)(C)N2. The van der Waals surface area contributed by atoms with Crippen molar-refractivity contribution in [2.24, 2.45) is 5.92 Å². The number of allylic oxidation sites excluding steroid dienone is 3. The Morgan fingerprint density at radius 3 is 2.66 bits per heavy atom. The highest BCUT2D eigenvalue weighted by atomic mass is 16.7. The van der Waals surface area contributed by atoms with E-state index in [-0.39, 0.29) is 36.7 Å². The van der Waals surface area contributed by atoms with Crippen LogP contribution >= 0.6 is 0 Å². The van der Waals surface area contributed by atoms with E-state index in [1.165, 1.54) is 0 Å². The molecule has 29 heavy (non-hydrogen) atoms. The van der Waals surface area contributed by atoms with Gasteiger partial charge in [0.25, 0.3) is 0 Å². The molecule has 1 unspecified atom stereocenters. The molecule has 158 valence electrons. The number of ether oxygens (including phenoxy) is 2. The van der Waals surface area contributed by atoms with E-state index >= 15 is 0 Å². The van der Waals surface area contributed by atoms with Crippen molar-refractivity contribution in [3.05, 3.63) is 52.8 Å². The van der Waals surface area contributed by atoms with Crippen LogP contribution in [0.3, 0.4) is 0 Å². The van der Waals surface area contributed by atoms with E-state index in [0.717, 1.165) is 46.4 Å². The lowest BCUT2D eigenvalue weighted by atomic mass is 9.80. The fourth-order valence-electron chi connectivity index (χ4n) is 4.40. The van der Waals surface area contributed by atoms with Crippen LogP contribution in [0, 0.1) is 5.92 Å². The Balaban J connectivity index is 1.95. The number of aliphatic hydroxyl groups excluding tert-OH is 2.